The lowest BCUT2D eigenvalue weighted by molar-refractivity contribution is 0.0549. The van der Waals surface area contributed by atoms with Crippen LogP contribution in [0.15, 0.2) is 18.2 Å². The molecule has 0 aliphatic rings. The van der Waals surface area contributed by atoms with Crippen LogP contribution >= 0.6 is 0 Å². The Labute approximate surface area is 102 Å². The van der Waals surface area contributed by atoms with Crippen LogP contribution in [0.3, 0.4) is 0 Å². The van der Waals surface area contributed by atoms with E-state index in [4.69, 9.17) is 15.2 Å². The molecule has 0 bridgehead atoms. The zero-order chi connectivity index (χ0) is 12.9. The fraction of sp³-hybridized carbons (Fsp3) is 0.538. The molecule has 4 nitrogen and oxygen atoms in total. The van der Waals surface area contributed by atoms with E-state index >= 15 is 0 Å². The van der Waals surface area contributed by atoms with Crippen molar-refractivity contribution in [2.24, 2.45) is 5.73 Å². The first kappa shape index (κ1) is 13.8. The van der Waals surface area contributed by atoms with Crippen LogP contribution in [-0.4, -0.2) is 24.4 Å². The molecule has 0 aromatic heterocycles. The second-order valence-corrected chi connectivity index (χ2v) is 4.60. The van der Waals surface area contributed by atoms with E-state index in [1.807, 2.05) is 18.2 Å². The normalized spacial score (nSPS) is 11.4. The predicted molar refractivity (Wildman–Crippen MR) is 67.3 cm³/mol. The van der Waals surface area contributed by atoms with Gasteiger partial charge in [-0.1, -0.05) is 6.07 Å². The zero-order valence-corrected chi connectivity index (χ0v) is 10.7. The summed E-state index contributed by atoms with van der Waals surface area (Å²) < 4.78 is 10.8. The molecule has 1 rings (SSSR count). The van der Waals surface area contributed by atoms with Crippen molar-refractivity contribution in [3.63, 3.8) is 0 Å². The smallest absolute Gasteiger partial charge is 0.161 e. The van der Waals surface area contributed by atoms with E-state index in [1.54, 1.807) is 21.0 Å². The summed E-state index contributed by atoms with van der Waals surface area (Å²) in [6, 6.07) is 5.60. The summed E-state index contributed by atoms with van der Waals surface area (Å²) in [7, 11) is 1.60. The highest BCUT2D eigenvalue weighted by molar-refractivity contribution is 5.42. The quantitative estimate of drug-likeness (QED) is 0.793. The van der Waals surface area contributed by atoms with E-state index in [0.717, 1.165) is 5.56 Å². The maximum atomic E-state index is 9.59. The third-order valence-corrected chi connectivity index (χ3v) is 2.44. The van der Waals surface area contributed by atoms with Crippen LogP contribution in [0.4, 0.5) is 0 Å². The summed E-state index contributed by atoms with van der Waals surface area (Å²) in [6.07, 6.45) is 0.559. The number of nitrogens with two attached hydrogens (primary N) is 1. The number of benzene rings is 1. The largest absolute Gasteiger partial charge is 0.493 e. The van der Waals surface area contributed by atoms with E-state index in [9.17, 15) is 5.11 Å². The van der Waals surface area contributed by atoms with Gasteiger partial charge >= 0.3 is 0 Å². The first-order valence-electron chi connectivity index (χ1n) is 5.68. The number of hydrogen-bond acceptors (Lipinski definition) is 4. The second-order valence-electron chi connectivity index (χ2n) is 4.60. The summed E-state index contributed by atoms with van der Waals surface area (Å²) in [6.45, 7) is 4.41. The minimum absolute atomic E-state index is 0.438. The Balaban J connectivity index is 2.68. The highest BCUT2D eigenvalue weighted by Crippen LogP contribution is 2.28. The molecule has 96 valence electrons. The van der Waals surface area contributed by atoms with Gasteiger partial charge in [0.25, 0.3) is 0 Å². The Morgan fingerprint density at radius 3 is 2.53 bits per heavy atom. The third-order valence-electron chi connectivity index (χ3n) is 2.44. The van der Waals surface area contributed by atoms with Crippen molar-refractivity contribution in [1.29, 1.82) is 0 Å². The van der Waals surface area contributed by atoms with Crippen LogP contribution in [0.25, 0.3) is 0 Å². The van der Waals surface area contributed by atoms with Crippen molar-refractivity contribution in [2.75, 3.05) is 13.7 Å². The van der Waals surface area contributed by atoms with Gasteiger partial charge in [-0.2, -0.15) is 0 Å². The molecule has 0 radical (unpaired) electrons. The average molecular weight is 239 g/mol. The molecule has 0 spiro atoms. The van der Waals surface area contributed by atoms with Crippen molar-refractivity contribution in [2.45, 2.75) is 32.4 Å². The predicted octanol–water partition coefficient (Wildman–Crippen LogP) is 1.69. The maximum absolute atomic E-state index is 9.59. The second kappa shape index (κ2) is 5.89. The molecule has 0 unspecified atom stereocenters. The number of methoxy groups -OCH3 is 1. The lowest BCUT2D eigenvalue weighted by atomic mass is 10.1. The summed E-state index contributed by atoms with van der Waals surface area (Å²) >= 11 is 0. The molecular weight excluding hydrogens is 218 g/mol. The lowest BCUT2D eigenvalue weighted by Gasteiger charge is -2.18. The fourth-order valence-electron chi connectivity index (χ4n) is 1.37. The Morgan fingerprint density at radius 2 is 2.00 bits per heavy atom. The summed E-state index contributed by atoms with van der Waals surface area (Å²) in [4.78, 5) is 0. The average Bonchev–Trinajstić information content (AvgIpc) is 2.27. The van der Waals surface area contributed by atoms with Gasteiger partial charge in [-0.05, 0) is 31.5 Å². The molecule has 0 saturated carbocycles. The van der Waals surface area contributed by atoms with Crippen molar-refractivity contribution >= 4 is 0 Å². The van der Waals surface area contributed by atoms with Crippen molar-refractivity contribution in [3.05, 3.63) is 23.8 Å². The van der Waals surface area contributed by atoms with Crippen LogP contribution in [0.2, 0.25) is 0 Å². The van der Waals surface area contributed by atoms with Crippen LogP contribution in [0.1, 0.15) is 25.8 Å². The number of aliphatic hydroxyl groups is 1. The molecule has 0 aliphatic carbocycles. The fourth-order valence-corrected chi connectivity index (χ4v) is 1.37. The molecule has 0 fully saturated rings. The molecule has 0 aliphatic heterocycles. The molecule has 4 heteroatoms. The van der Waals surface area contributed by atoms with Gasteiger partial charge in [0.1, 0.15) is 0 Å². The molecule has 3 N–H and O–H groups in total. The first-order valence-corrected chi connectivity index (χ1v) is 5.68. The van der Waals surface area contributed by atoms with E-state index in [0.29, 0.717) is 31.1 Å². The van der Waals surface area contributed by atoms with Crippen molar-refractivity contribution in [3.8, 4) is 11.5 Å². The van der Waals surface area contributed by atoms with Gasteiger partial charge in [0.2, 0.25) is 0 Å². The highest BCUT2D eigenvalue weighted by atomic mass is 16.5. The Morgan fingerprint density at radius 1 is 1.29 bits per heavy atom. The topological polar surface area (TPSA) is 64.7 Å². The molecule has 0 atom stereocenters. The molecule has 17 heavy (non-hydrogen) atoms. The first-order chi connectivity index (χ1) is 7.96. The van der Waals surface area contributed by atoms with E-state index < -0.39 is 5.60 Å². The number of rotatable bonds is 6. The minimum atomic E-state index is -0.723. The standard InChI is InChI=1S/C13H21NO3/c1-13(2,15)6-7-17-12-8-10(9-14)4-5-11(12)16-3/h4-5,8,15H,6-7,9,14H2,1-3H3. The minimum Gasteiger partial charge on any atom is -0.493 e. The van der Waals surface area contributed by atoms with Gasteiger partial charge < -0.3 is 20.3 Å². The molecule has 1 aromatic carbocycles. The summed E-state index contributed by atoms with van der Waals surface area (Å²) in [5.41, 5.74) is 5.84. The lowest BCUT2D eigenvalue weighted by Crippen LogP contribution is -2.21. The third kappa shape index (κ3) is 4.63. The van der Waals surface area contributed by atoms with Gasteiger partial charge in [-0.15, -0.1) is 0 Å². The SMILES string of the molecule is COc1ccc(CN)cc1OCCC(C)(C)O. The maximum Gasteiger partial charge on any atom is 0.161 e. The van der Waals surface area contributed by atoms with Crippen LogP contribution in [0, 0.1) is 0 Å². The number of ether oxygens (including phenoxy) is 2. The molecule has 1 aromatic rings. The zero-order valence-electron chi connectivity index (χ0n) is 10.7. The van der Waals surface area contributed by atoms with Crippen molar-refractivity contribution < 1.29 is 14.6 Å². The van der Waals surface area contributed by atoms with Crippen molar-refractivity contribution in [1.82, 2.24) is 0 Å². The Bertz CT molecular complexity index is 358. The summed E-state index contributed by atoms with van der Waals surface area (Å²) in [5, 5.41) is 9.59. The van der Waals surface area contributed by atoms with E-state index in [2.05, 4.69) is 0 Å². The Hall–Kier alpha value is -1.26. The van der Waals surface area contributed by atoms with Gasteiger partial charge in [0.15, 0.2) is 11.5 Å². The molecule has 0 amide bonds. The molecule has 0 saturated heterocycles. The monoisotopic (exact) mass is 239 g/mol. The molecule has 0 heterocycles. The van der Waals surface area contributed by atoms with Crippen LogP contribution in [0.5, 0.6) is 11.5 Å². The highest BCUT2D eigenvalue weighted by Gasteiger charge is 2.13. The van der Waals surface area contributed by atoms with Crippen LogP contribution in [-0.2, 0) is 6.54 Å². The van der Waals surface area contributed by atoms with E-state index in [-0.39, 0.29) is 0 Å². The number of hydrogen-bond donors (Lipinski definition) is 2. The van der Waals surface area contributed by atoms with Gasteiger partial charge in [0.05, 0.1) is 19.3 Å². The van der Waals surface area contributed by atoms with Crippen LogP contribution < -0.4 is 15.2 Å². The van der Waals surface area contributed by atoms with Gasteiger partial charge in [-0.25, -0.2) is 0 Å². The van der Waals surface area contributed by atoms with Gasteiger partial charge in [0, 0.05) is 13.0 Å². The van der Waals surface area contributed by atoms with E-state index in [1.165, 1.54) is 0 Å². The summed E-state index contributed by atoms with van der Waals surface area (Å²) in [5.74, 6) is 1.35. The molecular formula is C13H21NO3. The van der Waals surface area contributed by atoms with Gasteiger partial charge in [-0.3, -0.25) is 0 Å². The Kier molecular flexibility index (Phi) is 4.78.